The number of hydrogen-bond donors (Lipinski definition) is 0. The SMILES string of the molecule is N#Cc1cccc2c1Sc1c(-c3cccc(-c4nc(-c5ccccc5)nc(-c5ccccc5)n4)c3)cccc1C21c2ccccc2-c2ccccc21. The standard InChI is InChI=1S/C47H28N4S/c48-29-34-20-12-26-40-42(34)52-43-35(23-13-27-41(43)47(40)38-24-9-7-21-36(38)37-22-8-10-25-39(37)47)32-18-11-19-33(28-32)46-50-44(30-14-3-1-4-15-30)49-45(51-46)31-16-5-2-6-17-31/h1-28H. The molecule has 242 valence electrons. The van der Waals surface area contributed by atoms with Crippen molar-refractivity contribution >= 4 is 11.8 Å². The molecule has 1 aliphatic carbocycles. The first-order valence-electron chi connectivity index (χ1n) is 17.3. The van der Waals surface area contributed by atoms with Gasteiger partial charge in [0, 0.05) is 26.5 Å². The average molecular weight is 681 g/mol. The number of aromatic nitrogens is 3. The van der Waals surface area contributed by atoms with Gasteiger partial charge >= 0.3 is 0 Å². The van der Waals surface area contributed by atoms with Gasteiger partial charge in [-0.2, -0.15) is 5.26 Å². The molecule has 7 aromatic carbocycles. The Morgan fingerprint density at radius 2 is 0.846 bits per heavy atom. The lowest BCUT2D eigenvalue weighted by molar-refractivity contribution is 0.722. The van der Waals surface area contributed by atoms with E-state index in [0.29, 0.717) is 23.0 Å². The number of hydrogen-bond acceptors (Lipinski definition) is 5. The summed E-state index contributed by atoms with van der Waals surface area (Å²) in [5, 5.41) is 10.4. The van der Waals surface area contributed by atoms with E-state index in [0.717, 1.165) is 43.2 Å². The Balaban J connectivity index is 1.20. The van der Waals surface area contributed by atoms with Gasteiger partial charge in [-0.3, -0.25) is 0 Å². The fourth-order valence-corrected chi connectivity index (χ4v) is 9.41. The van der Waals surface area contributed by atoms with Gasteiger partial charge in [-0.05, 0) is 56.6 Å². The summed E-state index contributed by atoms with van der Waals surface area (Å²) in [5.74, 6) is 1.87. The number of nitriles is 1. The van der Waals surface area contributed by atoms with Gasteiger partial charge in [0.2, 0.25) is 0 Å². The molecule has 2 heterocycles. The number of fused-ring (bicyclic) bond motifs is 9. The summed E-state index contributed by atoms with van der Waals surface area (Å²) in [6.07, 6.45) is 0. The highest BCUT2D eigenvalue weighted by Crippen LogP contribution is 2.63. The molecular weight excluding hydrogens is 653 g/mol. The summed E-state index contributed by atoms with van der Waals surface area (Å²) < 4.78 is 0. The number of rotatable bonds is 4. The Kier molecular flexibility index (Phi) is 6.99. The maximum absolute atomic E-state index is 10.4. The number of benzene rings is 7. The molecule has 0 amide bonds. The van der Waals surface area contributed by atoms with E-state index in [4.69, 9.17) is 15.0 Å². The van der Waals surface area contributed by atoms with Crippen LogP contribution >= 0.6 is 11.8 Å². The molecule has 52 heavy (non-hydrogen) atoms. The first kappa shape index (κ1) is 30.2. The third-order valence-electron chi connectivity index (χ3n) is 10.2. The van der Waals surface area contributed by atoms with E-state index >= 15 is 0 Å². The third kappa shape index (κ3) is 4.52. The van der Waals surface area contributed by atoms with Gasteiger partial charge in [0.05, 0.1) is 11.0 Å². The quantitative estimate of drug-likeness (QED) is 0.185. The molecule has 2 aliphatic rings. The van der Waals surface area contributed by atoms with Gasteiger partial charge < -0.3 is 0 Å². The van der Waals surface area contributed by atoms with Crippen molar-refractivity contribution in [3.05, 3.63) is 198 Å². The van der Waals surface area contributed by atoms with Crippen LogP contribution in [0.25, 0.3) is 56.4 Å². The molecular formula is C47H28N4S. The maximum Gasteiger partial charge on any atom is 0.164 e. The van der Waals surface area contributed by atoms with Crippen molar-refractivity contribution in [1.82, 2.24) is 15.0 Å². The molecule has 1 aliphatic heterocycles. The van der Waals surface area contributed by atoms with Gasteiger partial charge in [-0.25, -0.2) is 15.0 Å². The van der Waals surface area contributed by atoms with E-state index in [9.17, 15) is 5.26 Å². The van der Waals surface area contributed by atoms with Crippen molar-refractivity contribution < 1.29 is 0 Å². The zero-order chi connectivity index (χ0) is 34.6. The summed E-state index contributed by atoms with van der Waals surface area (Å²) in [7, 11) is 0. The monoisotopic (exact) mass is 680 g/mol. The molecule has 8 aromatic rings. The second-order valence-electron chi connectivity index (χ2n) is 13.0. The van der Waals surface area contributed by atoms with Crippen molar-refractivity contribution in [1.29, 1.82) is 5.26 Å². The molecule has 10 rings (SSSR count). The van der Waals surface area contributed by atoms with Crippen LogP contribution in [0.15, 0.2) is 180 Å². The van der Waals surface area contributed by atoms with Crippen LogP contribution in [0.5, 0.6) is 0 Å². The molecule has 1 spiro atoms. The molecule has 0 atom stereocenters. The lowest BCUT2D eigenvalue weighted by Gasteiger charge is -2.40. The molecule has 0 bridgehead atoms. The molecule has 0 radical (unpaired) electrons. The first-order valence-corrected chi connectivity index (χ1v) is 18.1. The highest BCUT2D eigenvalue weighted by Gasteiger charge is 2.51. The minimum absolute atomic E-state index is 0.576. The second kappa shape index (κ2) is 12.0. The van der Waals surface area contributed by atoms with E-state index < -0.39 is 5.41 Å². The Morgan fingerprint density at radius 1 is 0.404 bits per heavy atom. The lowest BCUT2D eigenvalue weighted by Crippen LogP contribution is -2.32. The van der Waals surface area contributed by atoms with E-state index in [1.54, 1.807) is 11.8 Å². The Hall–Kier alpha value is -6.61. The largest absolute Gasteiger partial charge is 0.208 e. The topological polar surface area (TPSA) is 62.5 Å². The average Bonchev–Trinajstić information content (AvgIpc) is 3.52. The zero-order valence-electron chi connectivity index (χ0n) is 27.9. The van der Waals surface area contributed by atoms with Crippen LogP contribution in [0.1, 0.15) is 27.8 Å². The van der Waals surface area contributed by atoms with Crippen molar-refractivity contribution in [3.63, 3.8) is 0 Å². The highest BCUT2D eigenvalue weighted by atomic mass is 32.2. The fourth-order valence-electron chi connectivity index (χ4n) is 8.03. The second-order valence-corrected chi connectivity index (χ2v) is 14.1. The molecule has 1 aromatic heterocycles. The lowest BCUT2D eigenvalue weighted by atomic mass is 9.66. The zero-order valence-corrected chi connectivity index (χ0v) is 28.7. The van der Waals surface area contributed by atoms with Crippen LogP contribution in [-0.2, 0) is 5.41 Å². The van der Waals surface area contributed by atoms with Crippen LogP contribution in [0.2, 0.25) is 0 Å². The van der Waals surface area contributed by atoms with Crippen LogP contribution in [0.3, 0.4) is 0 Å². The molecule has 5 heteroatoms. The Morgan fingerprint density at radius 3 is 1.46 bits per heavy atom. The molecule has 0 saturated carbocycles. The summed E-state index contributed by atoms with van der Waals surface area (Å²) in [5.41, 5.74) is 12.4. The minimum atomic E-state index is -0.576. The summed E-state index contributed by atoms with van der Waals surface area (Å²) in [6.45, 7) is 0. The summed E-state index contributed by atoms with van der Waals surface area (Å²) >= 11 is 1.70. The minimum Gasteiger partial charge on any atom is -0.208 e. The van der Waals surface area contributed by atoms with Gasteiger partial charge in [0.15, 0.2) is 17.5 Å². The molecule has 0 fully saturated rings. The maximum atomic E-state index is 10.4. The van der Waals surface area contributed by atoms with Gasteiger partial charge in [0.25, 0.3) is 0 Å². The predicted octanol–water partition coefficient (Wildman–Crippen LogP) is 11.2. The number of nitrogens with zero attached hydrogens (tertiary/aromatic N) is 4. The van der Waals surface area contributed by atoms with Crippen LogP contribution in [0, 0.1) is 11.3 Å². The van der Waals surface area contributed by atoms with E-state index in [1.165, 1.54) is 27.8 Å². The van der Waals surface area contributed by atoms with E-state index in [-0.39, 0.29) is 0 Å². The Labute approximate surface area is 306 Å². The van der Waals surface area contributed by atoms with Crippen molar-refractivity contribution in [3.8, 4) is 62.5 Å². The van der Waals surface area contributed by atoms with Crippen molar-refractivity contribution in [2.24, 2.45) is 0 Å². The first-order chi connectivity index (χ1) is 25.7. The van der Waals surface area contributed by atoms with Gasteiger partial charge in [-0.1, -0.05) is 169 Å². The smallest absolute Gasteiger partial charge is 0.164 e. The van der Waals surface area contributed by atoms with Crippen LogP contribution in [-0.4, -0.2) is 15.0 Å². The molecule has 0 saturated heterocycles. The summed E-state index contributed by atoms with van der Waals surface area (Å²) in [4.78, 5) is 17.1. The van der Waals surface area contributed by atoms with Crippen LogP contribution < -0.4 is 0 Å². The normalized spacial score (nSPS) is 13.1. The summed E-state index contributed by atoms with van der Waals surface area (Å²) in [6, 6.07) is 61.5. The highest BCUT2D eigenvalue weighted by molar-refractivity contribution is 7.99. The Bertz CT molecular complexity index is 2630. The van der Waals surface area contributed by atoms with Crippen LogP contribution in [0.4, 0.5) is 0 Å². The van der Waals surface area contributed by atoms with Crippen molar-refractivity contribution in [2.45, 2.75) is 15.2 Å². The molecule has 0 unspecified atom stereocenters. The van der Waals surface area contributed by atoms with Crippen molar-refractivity contribution in [2.75, 3.05) is 0 Å². The van der Waals surface area contributed by atoms with E-state index in [2.05, 4.69) is 103 Å². The van der Waals surface area contributed by atoms with Gasteiger partial charge in [0.1, 0.15) is 6.07 Å². The molecule has 4 nitrogen and oxygen atoms in total. The fraction of sp³-hybridized carbons (Fsp3) is 0.0213. The predicted molar refractivity (Wildman–Crippen MR) is 208 cm³/mol. The molecule has 0 N–H and O–H groups in total. The van der Waals surface area contributed by atoms with Gasteiger partial charge in [-0.15, -0.1) is 0 Å². The van der Waals surface area contributed by atoms with E-state index in [1.807, 2.05) is 72.8 Å². The third-order valence-corrected chi connectivity index (χ3v) is 11.5.